The quantitative estimate of drug-likeness (QED) is 0.833. The van der Waals surface area contributed by atoms with Crippen LogP contribution in [0, 0.1) is 0 Å². The molecule has 1 fully saturated rings. The van der Waals surface area contributed by atoms with Crippen molar-refractivity contribution in [2.45, 2.75) is 25.7 Å². The summed E-state index contributed by atoms with van der Waals surface area (Å²) in [6.07, 6.45) is 3.91. The van der Waals surface area contributed by atoms with Gasteiger partial charge in [0.05, 0.1) is 12.1 Å². The van der Waals surface area contributed by atoms with Gasteiger partial charge in [-0.2, -0.15) is 0 Å². The molecule has 2 aromatic rings. The summed E-state index contributed by atoms with van der Waals surface area (Å²) in [5.74, 6) is 0.00220. The molecule has 1 aromatic carbocycles. The van der Waals surface area contributed by atoms with E-state index < -0.39 is 5.97 Å². The summed E-state index contributed by atoms with van der Waals surface area (Å²) in [6.45, 7) is 4.06. The van der Waals surface area contributed by atoms with E-state index >= 15 is 0 Å². The van der Waals surface area contributed by atoms with Crippen LogP contribution < -0.4 is 4.74 Å². The van der Waals surface area contributed by atoms with E-state index in [-0.39, 0.29) is 6.42 Å². The summed E-state index contributed by atoms with van der Waals surface area (Å²) >= 11 is 1.47. The van der Waals surface area contributed by atoms with Gasteiger partial charge in [-0.05, 0) is 50.2 Å². The SMILES string of the molecule is O=C(O)Cc1csc(-c2ccc(OCCN3CCCCC3)cc2)n1. The first kappa shape index (κ1) is 16.9. The molecular formula is C18H22N2O3S. The zero-order valence-electron chi connectivity index (χ0n) is 13.6. The lowest BCUT2D eigenvalue weighted by Gasteiger charge is -2.26. The Morgan fingerprint density at radius 2 is 1.96 bits per heavy atom. The lowest BCUT2D eigenvalue weighted by atomic mass is 10.1. The van der Waals surface area contributed by atoms with Crippen molar-refractivity contribution >= 4 is 17.3 Å². The zero-order chi connectivity index (χ0) is 16.8. The Bertz CT molecular complexity index is 663. The van der Waals surface area contributed by atoms with E-state index in [9.17, 15) is 4.79 Å². The molecule has 1 aromatic heterocycles. The summed E-state index contributed by atoms with van der Waals surface area (Å²) in [4.78, 5) is 17.5. The van der Waals surface area contributed by atoms with E-state index in [1.165, 1.54) is 43.7 Å². The van der Waals surface area contributed by atoms with Gasteiger partial charge in [-0.1, -0.05) is 6.42 Å². The number of hydrogen-bond acceptors (Lipinski definition) is 5. The van der Waals surface area contributed by atoms with Gasteiger partial charge in [0.25, 0.3) is 0 Å². The highest BCUT2D eigenvalue weighted by Gasteiger charge is 2.10. The number of rotatable bonds is 7. The number of likely N-dealkylation sites (tertiary alicyclic amines) is 1. The van der Waals surface area contributed by atoms with Crippen LogP contribution in [0.25, 0.3) is 10.6 Å². The highest BCUT2D eigenvalue weighted by atomic mass is 32.1. The summed E-state index contributed by atoms with van der Waals surface area (Å²) in [5, 5.41) is 11.4. The summed E-state index contributed by atoms with van der Waals surface area (Å²) in [6, 6.07) is 7.84. The first-order valence-corrected chi connectivity index (χ1v) is 9.20. The molecule has 1 N–H and O–H groups in total. The Labute approximate surface area is 145 Å². The van der Waals surface area contributed by atoms with Crippen molar-refractivity contribution in [1.82, 2.24) is 9.88 Å². The van der Waals surface area contributed by atoms with E-state index in [0.29, 0.717) is 12.3 Å². The molecule has 5 nitrogen and oxygen atoms in total. The number of hydrogen-bond donors (Lipinski definition) is 1. The summed E-state index contributed by atoms with van der Waals surface area (Å²) < 4.78 is 5.82. The van der Waals surface area contributed by atoms with Crippen LogP contribution in [-0.2, 0) is 11.2 Å². The number of nitrogens with zero attached hydrogens (tertiary/aromatic N) is 2. The largest absolute Gasteiger partial charge is 0.492 e. The smallest absolute Gasteiger partial charge is 0.309 e. The Kier molecular flexibility index (Phi) is 5.82. The van der Waals surface area contributed by atoms with Crippen LogP contribution >= 0.6 is 11.3 Å². The predicted octanol–water partition coefficient (Wildman–Crippen LogP) is 3.30. The molecule has 3 rings (SSSR count). The lowest BCUT2D eigenvalue weighted by molar-refractivity contribution is -0.136. The second-order valence-corrected chi connectivity index (χ2v) is 6.85. The first-order chi connectivity index (χ1) is 11.7. The Balaban J connectivity index is 1.51. The molecule has 128 valence electrons. The van der Waals surface area contributed by atoms with Crippen LogP contribution in [0.1, 0.15) is 25.0 Å². The molecule has 0 amide bonds. The number of ether oxygens (including phenoxy) is 1. The van der Waals surface area contributed by atoms with Crippen LogP contribution in [0.2, 0.25) is 0 Å². The normalized spacial score (nSPS) is 15.3. The van der Waals surface area contributed by atoms with Gasteiger partial charge in [-0.15, -0.1) is 11.3 Å². The van der Waals surface area contributed by atoms with Crippen LogP contribution in [0.3, 0.4) is 0 Å². The number of thiazole rings is 1. The third-order valence-corrected chi connectivity index (χ3v) is 5.05. The molecule has 1 aliphatic rings. The molecule has 0 atom stereocenters. The van der Waals surface area contributed by atoms with E-state index in [4.69, 9.17) is 9.84 Å². The van der Waals surface area contributed by atoms with Crippen molar-refractivity contribution in [3.63, 3.8) is 0 Å². The van der Waals surface area contributed by atoms with Gasteiger partial charge >= 0.3 is 5.97 Å². The number of aromatic nitrogens is 1. The maximum absolute atomic E-state index is 10.7. The topological polar surface area (TPSA) is 62.7 Å². The Hall–Kier alpha value is -1.92. The van der Waals surface area contributed by atoms with Gasteiger partial charge in [0, 0.05) is 17.5 Å². The summed E-state index contributed by atoms with van der Waals surface area (Å²) in [5.41, 5.74) is 1.59. The van der Waals surface area contributed by atoms with Crippen molar-refractivity contribution in [2.75, 3.05) is 26.2 Å². The van der Waals surface area contributed by atoms with Crippen molar-refractivity contribution in [3.8, 4) is 16.3 Å². The minimum absolute atomic E-state index is 0.0335. The number of piperidine rings is 1. The van der Waals surface area contributed by atoms with Gasteiger partial charge in [-0.3, -0.25) is 9.69 Å². The van der Waals surface area contributed by atoms with E-state index in [1.54, 1.807) is 5.38 Å². The predicted molar refractivity (Wildman–Crippen MR) is 94.7 cm³/mol. The molecule has 24 heavy (non-hydrogen) atoms. The van der Waals surface area contributed by atoms with Crippen LogP contribution in [0.15, 0.2) is 29.6 Å². The minimum Gasteiger partial charge on any atom is -0.492 e. The highest BCUT2D eigenvalue weighted by molar-refractivity contribution is 7.13. The molecule has 0 unspecified atom stereocenters. The fourth-order valence-corrected chi connectivity index (χ4v) is 3.67. The molecule has 1 aliphatic heterocycles. The van der Waals surface area contributed by atoms with Crippen LogP contribution in [0.4, 0.5) is 0 Å². The molecule has 0 saturated carbocycles. The molecule has 2 heterocycles. The Morgan fingerprint density at radius 1 is 1.21 bits per heavy atom. The van der Waals surface area contributed by atoms with Crippen molar-refractivity contribution < 1.29 is 14.6 Å². The maximum atomic E-state index is 10.7. The van der Waals surface area contributed by atoms with Crippen LogP contribution in [0.5, 0.6) is 5.75 Å². The number of carboxylic acids is 1. The van der Waals surface area contributed by atoms with E-state index in [2.05, 4.69) is 9.88 Å². The zero-order valence-corrected chi connectivity index (χ0v) is 14.4. The fraction of sp³-hybridized carbons (Fsp3) is 0.444. The number of carboxylic acid groups (broad SMARTS) is 1. The second kappa shape index (κ2) is 8.26. The van der Waals surface area contributed by atoms with Gasteiger partial charge in [0.15, 0.2) is 0 Å². The molecule has 0 spiro atoms. The first-order valence-electron chi connectivity index (χ1n) is 8.32. The molecule has 1 saturated heterocycles. The number of benzene rings is 1. The maximum Gasteiger partial charge on any atom is 0.309 e. The minimum atomic E-state index is -0.857. The standard InChI is InChI=1S/C18H22N2O3S/c21-17(22)12-15-13-24-18(19-15)14-4-6-16(7-5-14)23-11-10-20-8-2-1-3-9-20/h4-7,13H,1-3,8-12H2,(H,21,22). The van der Waals surface area contributed by atoms with E-state index in [0.717, 1.165) is 22.9 Å². The van der Waals surface area contributed by atoms with Gasteiger partial charge in [0.1, 0.15) is 17.4 Å². The van der Waals surface area contributed by atoms with Crippen molar-refractivity contribution in [1.29, 1.82) is 0 Å². The fourth-order valence-electron chi connectivity index (χ4n) is 2.85. The molecular weight excluding hydrogens is 324 g/mol. The molecule has 0 bridgehead atoms. The average molecular weight is 346 g/mol. The summed E-state index contributed by atoms with van der Waals surface area (Å²) in [7, 11) is 0. The van der Waals surface area contributed by atoms with Gasteiger partial charge < -0.3 is 9.84 Å². The average Bonchev–Trinajstić information content (AvgIpc) is 3.04. The molecule has 6 heteroatoms. The second-order valence-electron chi connectivity index (χ2n) is 5.99. The number of carbonyl (C=O) groups is 1. The van der Waals surface area contributed by atoms with Gasteiger partial charge in [0.2, 0.25) is 0 Å². The third-order valence-electron chi connectivity index (χ3n) is 4.11. The van der Waals surface area contributed by atoms with E-state index in [1.807, 2.05) is 24.3 Å². The lowest BCUT2D eigenvalue weighted by Crippen LogP contribution is -2.33. The van der Waals surface area contributed by atoms with Gasteiger partial charge in [-0.25, -0.2) is 4.98 Å². The molecule has 0 aliphatic carbocycles. The van der Waals surface area contributed by atoms with Crippen molar-refractivity contribution in [2.24, 2.45) is 0 Å². The van der Waals surface area contributed by atoms with Crippen LogP contribution in [-0.4, -0.2) is 47.2 Å². The molecule has 0 radical (unpaired) electrons. The highest BCUT2D eigenvalue weighted by Crippen LogP contribution is 2.26. The Morgan fingerprint density at radius 3 is 2.67 bits per heavy atom. The monoisotopic (exact) mass is 346 g/mol. The number of aliphatic carboxylic acids is 1. The van der Waals surface area contributed by atoms with Crippen molar-refractivity contribution in [3.05, 3.63) is 35.3 Å². The third kappa shape index (κ3) is 4.79.